The number of hydrogen-bond donors (Lipinski definition) is 3. The minimum atomic E-state index is 0.428. The molecule has 0 aromatic carbocycles. The van der Waals surface area contributed by atoms with Crippen molar-refractivity contribution in [3.8, 4) is 0 Å². The predicted octanol–water partition coefficient (Wildman–Crippen LogP) is 1.48. The van der Waals surface area contributed by atoms with Gasteiger partial charge in [-0.3, -0.25) is 5.10 Å². The zero-order chi connectivity index (χ0) is 12.1. The molecule has 2 aromatic rings. The molecule has 0 unspecified atom stereocenters. The molecule has 4 N–H and O–H groups in total. The Morgan fingerprint density at radius 3 is 3.06 bits per heavy atom. The van der Waals surface area contributed by atoms with Gasteiger partial charge in [0.05, 0.1) is 5.69 Å². The lowest BCUT2D eigenvalue weighted by Gasteiger charge is -2.07. The molecule has 0 fully saturated rings. The molecule has 0 spiro atoms. The summed E-state index contributed by atoms with van der Waals surface area (Å²) in [4.78, 5) is 8.14. The maximum Gasteiger partial charge on any atom is 0.150 e. The van der Waals surface area contributed by atoms with Crippen LogP contribution in [0, 0.1) is 0 Å². The third-order valence-corrected chi connectivity index (χ3v) is 2.45. The highest BCUT2D eigenvalue weighted by Crippen LogP contribution is 2.18. The molecular formula is C10H13ClN6. The van der Waals surface area contributed by atoms with Crippen molar-refractivity contribution < 1.29 is 0 Å². The van der Waals surface area contributed by atoms with E-state index < -0.39 is 0 Å². The molecule has 0 aliphatic rings. The van der Waals surface area contributed by atoms with Gasteiger partial charge < -0.3 is 11.1 Å². The Kier molecular flexibility index (Phi) is 3.77. The standard InChI is InChI=1S/C10H13ClN6/c11-8-4-3-7(12)10(16-8)13-5-1-2-9-14-6-15-17-9/h3-4,6H,1-2,5,12H2,(H,13,16)(H,14,15,17). The second-order valence-electron chi connectivity index (χ2n) is 3.53. The van der Waals surface area contributed by atoms with Crippen LogP contribution in [0.1, 0.15) is 12.2 Å². The quantitative estimate of drug-likeness (QED) is 0.554. The Labute approximate surface area is 104 Å². The van der Waals surface area contributed by atoms with Crippen molar-refractivity contribution in [2.45, 2.75) is 12.8 Å². The molecule has 7 heteroatoms. The molecule has 0 bridgehead atoms. The van der Waals surface area contributed by atoms with Crippen LogP contribution in [0.3, 0.4) is 0 Å². The number of aromatic amines is 1. The number of halogens is 1. The number of nitrogen functional groups attached to an aromatic ring is 1. The van der Waals surface area contributed by atoms with Crippen molar-refractivity contribution in [3.05, 3.63) is 29.4 Å². The molecule has 0 radical (unpaired) electrons. The Bertz CT molecular complexity index is 470. The highest BCUT2D eigenvalue weighted by atomic mass is 35.5. The highest BCUT2D eigenvalue weighted by molar-refractivity contribution is 6.29. The zero-order valence-electron chi connectivity index (χ0n) is 9.15. The molecule has 90 valence electrons. The number of H-pyrrole nitrogens is 1. The SMILES string of the molecule is Nc1ccc(Cl)nc1NCCCc1ncn[nH]1. The monoisotopic (exact) mass is 252 g/mol. The second-order valence-corrected chi connectivity index (χ2v) is 3.92. The van der Waals surface area contributed by atoms with Crippen LogP contribution in [0.2, 0.25) is 5.15 Å². The van der Waals surface area contributed by atoms with E-state index in [4.69, 9.17) is 17.3 Å². The third kappa shape index (κ3) is 3.32. The lowest BCUT2D eigenvalue weighted by Crippen LogP contribution is -2.07. The largest absolute Gasteiger partial charge is 0.396 e. The summed E-state index contributed by atoms with van der Waals surface area (Å²) in [5.41, 5.74) is 6.35. The minimum Gasteiger partial charge on any atom is -0.396 e. The first-order chi connectivity index (χ1) is 8.25. The van der Waals surface area contributed by atoms with Gasteiger partial charge in [-0.25, -0.2) is 9.97 Å². The number of rotatable bonds is 5. The summed E-state index contributed by atoms with van der Waals surface area (Å²) < 4.78 is 0. The Balaban J connectivity index is 1.80. The molecule has 0 saturated carbocycles. The van der Waals surface area contributed by atoms with Gasteiger partial charge in [-0.2, -0.15) is 5.10 Å². The van der Waals surface area contributed by atoms with Crippen LogP contribution in [0.25, 0.3) is 0 Å². The molecular weight excluding hydrogens is 240 g/mol. The minimum absolute atomic E-state index is 0.428. The molecule has 17 heavy (non-hydrogen) atoms. The molecule has 6 nitrogen and oxygen atoms in total. The Morgan fingerprint density at radius 1 is 1.41 bits per heavy atom. The molecule has 0 atom stereocenters. The Hall–Kier alpha value is -1.82. The number of aryl methyl sites for hydroxylation is 1. The third-order valence-electron chi connectivity index (χ3n) is 2.24. The number of nitrogens with one attached hydrogen (secondary N) is 2. The Morgan fingerprint density at radius 2 is 2.29 bits per heavy atom. The van der Waals surface area contributed by atoms with Gasteiger partial charge in [-0.1, -0.05) is 11.6 Å². The van der Waals surface area contributed by atoms with Gasteiger partial charge >= 0.3 is 0 Å². The van der Waals surface area contributed by atoms with Crippen LogP contribution in [-0.4, -0.2) is 26.7 Å². The number of pyridine rings is 1. The van der Waals surface area contributed by atoms with Gasteiger partial charge in [0.2, 0.25) is 0 Å². The van der Waals surface area contributed by atoms with Gasteiger partial charge in [-0.05, 0) is 18.6 Å². The van der Waals surface area contributed by atoms with E-state index in [0.717, 1.165) is 25.2 Å². The fraction of sp³-hybridized carbons (Fsp3) is 0.300. The number of hydrogen-bond acceptors (Lipinski definition) is 5. The fourth-order valence-corrected chi connectivity index (χ4v) is 1.55. The van der Waals surface area contributed by atoms with E-state index in [1.54, 1.807) is 12.1 Å². The van der Waals surface area contributed by atoms with E-state index in [1.165, 1.54) is 6.33 Å². The van der Waals surface area contributed by atoms with Gasteiger partial charge in [0.1, 0.15) is 17.3 Å². The van der Waals surface area contributed by atoms with E-state index in [2.05, 4.69) is 25.5 Å². The van der Waals surface area contributed by atoms with Crippen LogP contribution >= 0.6 is 11.6 Å². The topological polar surface area (TPSA) is 92.5 Å². The number of nitrogens with two attached hydrogens (primary N) is 1. The first-order valence-electron chi connectivity index (χ1n) is 5.26. The van der Waals surface area contributed by atoms with Crippen LogP contribution in [0.4, 0.5) is 11.5 Å². The molecule has 0 saturated heterocycles. The van der Waals surface area contributed by atoms with Crippen molar-refractivity contribution >= 4 is 23.1 Å². The molecule has 2 aromatic heterocycles. The van der Waals surface area contributed by atoms with E-state index in [0.29, 0.717) is 16.7 Å². The molecule has 0 amide bonds. The predicted molar refractivity (Wildman–Crippen MR) is 66.9 cm³/mol. The van der Waals surface area contributed by atoms with Gasteiger partial charge in [-0.15, -0.1) is 0 Å². The molecule has 2 heterocycles. The zero-order valence-corrected chi connectivity index (χ0v) is 9.91. The number of nitrogens with zero attached hydrogens (tertiary/aromatic N) is 3. The van der Waals surface area contributed by atoms with Crippen molar-refractivity contribution in [1.82, 2.24) is 20.2 Å². The lowest BCUT2D eigenvalue weighted by molar-refractivity contribution is 0.804. The first-order valence-corrected chi connectivity index (χ1v) is 5.63. The van der Waals surface area contributed by atoms with Crippen molar-refractivity contribution in [2.24, 2.45) is 0 Å². The van der Waals surface area contributed by atoms with E-state index in [9.17, 15) is 0 Å². The summed E-state index contributed by atoms with van der Waals surface area (Å²) in [5.74, 6) is 1.49. The highest BCUT2D eigenvalue weighted by Gasteiger charge is 2.01. The molecule has 0 aliphatic heterocycles. The van der Waals surface area contributed by atoms with Crippen LogP contribution in [0.15, 0.2) is 18.5 Å². The number of aromatic nitrogens is 4. The summed E-state index contributed by atoms with van der Waals surface area (Å²) in [6.07, 6.45) is 3.23. The van der Waals surface area contributed by atoms with Gasteiger partial charge in [0.25, 0.3) is 0 Å². The summed E-state index contributed by atoms with van der Waals surface area (Å²) in [6.45, 7) is 0.748. The van der Waals surface area contributed by atoms with Crippen LogP contribution < -0.4 is 11.1 Å². The summed E-state index contributed by atoms with van der Waals surface area (Å²) in [6, 6.07) is 3.39. The summed E-state index contributed by atoms with van der Waals surface area (Å²) >= 11 is 5.78. The number of anilines is 2. The average Bonchev–Trinajstić information content (AvgIpc) is 2.82. The summed E-state index contributed by atoms with van der Waals surface area (Å²) in [5, 5.41) is 10.1. The first kappa shape index (κ1) is 11.7. The molecule has 0 aliphatic carbocycles. The van der Waals surface area contributed by atoms with Crippen molar-refractivity contribution in [3.63, 3.8) is 0 Å². The second kappa shape index (κ2) is 5.49. The molecule has 2 rings (SSSR count). The fourth-order valence-electron chi connectivity index (χ4n) is 1.40. The maximum absolute atomic E-state index is 5.78. The smallest absolute Gasteiger partial charge is 0.150 e. The normalized spacial score (nSPS) is 10.4. The van der Waals surface area contributed by atoms with Crippen molar-refractivity contribution in [2.75, 3.05) is 17.6 Å². The van der Waals surface area contributed by atoms with Gasteiger partial charge in [0, 0.05) is 13.0 Å². The van der Waals surface area contributed by atoms with Crippen LogP contribution in [0.5, 0.6) is 0 Å². The van der Waals surface area contributed by atoms with Crippen LogP contribution in [-0.2, 0) is 6.42 Å². The average molecular weight is 253 g/mol. The van der Waals surface area contributed by atoms with E-state index >= 15 is 0 Å². The maximum atomic E-state index is 5.78. The van der Waals surface area contributed by atoms with E-state index in [1.807, 2.05) is 0 Å². The van der Waals surface area contributed by atoms with Gasteiger partial charge in [0.15, 0.2) is 5.82 Å². The summed E-state index contributed by atoms with van der Waals surface area (Å²) in [7, 11) is 0. The lowest BCUT2D eigenvalue weighted by atomic mass is 10.3. The van der Waals surface area contributed by atoms with E-state index in [-0.39, 0.29) is 0 Å². The van der Waals surface area contributed by atoms with Crippen molar-refractivity contribution in [1.29, 1.82) is 0 Å².